The number of carbonyl (C=O) groups is 1. The molecule has 0 saturated heterocycles. The molecule has 0 bridgehead atoms. The summed E-state index contributed by atoms with van der Waals surface area (Å²) in [5.41, 5.74) is 1.05. The molecule has 0 unspecified atom stereocenters. The molecule has 0 fully saturated rings. The van der Waals surface area contributed by atoms with E-state index in [2.05, 4.69) is 10.3 Å². The molecule has 3 rings (SSSR count). The number of aromatic nitrogens is 1. The van der Waals surface area contributed by atoms with Gasteiger partial charge in [-0.2, -0.15) is 5.26 Å². The number of hydrogen-bond donors (Lipinski definition) is 2. The number of urea groups is 1. The van der Waals surface area contributed by atoms with E-state index in [9.17, 15) is 18.5 Å². The average molecular weight is 481 g/mol. The van der Waals surface area contributed by atoms with Gasteiger partial charge in [0.25, 0.3) is 10.0 Å². The molecule has 0 radical (unpaired) electrons. The topological polar surface area (TPSA) is 130 Å². The zero-order valence-corrected chi connectivity index (χ0v) is 19.9. The minimum absolute atomic E-state index is 0.00376. The minimum atomic E-state index is -4.40. The zero-order chi connectivity index (χ0) is 24.9. The second-order valence-electron chi connectivity index (χ2n) is 8.31. The first-order valence-electron chi connectivity index (χ1n) is 10.2. The van der Waals surface area contributed by atoms with Crippen LogP contribution in [0.3, 0.4) is 0 Å². The lowest BCUT2D eigenvalue weighted by Gasteiger charge is -2.21. The van der Waals surface area contributed by atoms with Crippen molar-refractivity contribution in [2.45, 2.75) is 31.2 Å². The van der Waals surface area contributed by atoms with Gasteiger partial charge in [0.15, 0.2) is 4.90 Å². The van der Waals surface area contributed by atoms with E-state index in [1.54, 1.807) is 46.1 Å². The Morgan fingerprint density at radius 3 is 2.35 bits per heavy atom. The molecule has 0 aliphatic heterocycles. The number of ether oxygens (including phenoxy) is 2. The summed E-state index contributed by atoms with van der Waals surface area (Å²) in [6, 6.07) is 16.4. The molecule has 10 heteroatoms. The maximum atomic E-state index is 12.9. The first-order chi connectivity index (χ1) is 16.0. The summed E-state index contributed by atoms with van der Waals surface area (Å²) < 4.78 is 38.8. The highest BCUT2D eigenvalue weighted by Crippen LogP contribution is 2.31. The number of amides is 2. The van der Waals surface area contributed by atoms with Gasteiger partial charge >= 0.3 is 6.03 Å². The number of hydrogen-bond acceptors (Lipinski definition) is 7. The third kappa shape index (κ3) is 6.24. The van der Waals surface area contributed by atoms with Crippen molar-refractivity contribution in [2.24, 2.45) is 0 Å². The number of carbonyl (C=O) groups excluding carboxylic acids is 1. The second kappa shape index (κ2) is 9.80. The molecule has 0 aliphatic carbocycles. The number of nitriles is 1. The van der Waals surface area contributed by atoms with Crippen LogP contribution in [0.25, 0.3) is 11.1 Å². The molecule has 0 aliphatic rings. The van der Waals surface area contributed by atoms with E-state index in [0.717, 1.165) is 22.9 Å². The zero-order valence-electron chi connectivity index (χ0n) is 19.1. The monoisotopic (exact) mass is 480 g/mol. The van der Waals surface area contributed by atoms with Crippen LogP contribution in [-0.2, 0) is 10.0 Å². The molecule has 0 saturated carbocycles. The predicted molar refractivity (Wildman–Crippen MR) is 126 cm³/mol. The molecule has 176 valence electrons. The number of sulfonamides is 1. The lowest BCUT2D eigenvalue weighted by molar-refractivity contribution is 0.237. The Kier molecular flexibility index (Phi) is 7.08. The molecular weight excluding hydrogens is 456 g/mol. The van der Waals surface area contributed by atoms with Gasteiger partial charge in [-0.1, -0.05) is 24.3 Å². The normalized spacial score (nSPS) is 11.3. The lowest BCUT2D eigenvalue weighted by Crippen LogP contribution is -2.48. The lowest BCUT2D eigenvalue weighted by atomic mass is 10.1. The third-order valence-electron chi connectivity index (χ3n) is 4.42. The van der Waals surface area contributed by atoms with Crippen LogP contribution in [0, 0.1) is 11.3 Å². The van der Waals surface area contributed by atoms with E-state index in [0.29, 0.717) is 5.75 Å². The molecule has 0 spiro atoms. The number of rotatable bonds is 6. The summed E-state index contributed by atoms with van der Waals surface area (Å²) >= 11 is 0. The van der Waals surface area contributed by atoms with Crippen molar-refractivity contribution in [1.29, 1.82) is 5.26 Å². The largest absolute Gasteiger partial charge is 0.497 e. The number of nitrogens with zero attached hydrogens (tertiary/aromatic N) is 2. The fourth-order valence-electron chi connectivity index (χ4n) is 2.94. The van der Waals surface area contributed by atoms with Crippen molar-refractivity contribution in [1.82, 2.24) is 15.0 Å². The molecule has 2 amide bonds. The average Bonchev–Trinajstić information content (AvgIpc) is 2.78. The molecule has 0 atom stereocenters. The molecule has 34 heavy (non-hydrogen) atoms. The standard InChI is InChI=1S/C24H24N4O5S/c1-24(2,3)27-23(29)28-34(30,31)21-12-16(14-25)15-26-22(21)33-20-7-5-6-18(13-20)17-8-10-19(32-4)11-9-17/h5-13,15H,1-4H3,(H2,27,28,29). The minimum Gasteiger partial charge on any atom is -0.497 e. The molecular formula is C24H24N4O5S. The van der Waals surface area contributed by atoms with E-state index < -0.39 is 26.5 Å². The van der Waals surface area contributed by atoms with Gasteiger partial charge in [0.05, 0.1) is 12.7 Å². The molecule has 1 aromatic heterocycles. The van der Waals surface area contributed by atoms with Crippen LogP contribution in [0.4, 0.5) is 4.79 Å². The molecule has 3 aromatic rings. The smallest absolute Gasteiger partial charge is 0.329 e. The number of nitrogens with one attached hydrogen (secondary N) is 2. The Balaban J connectivity index is 1.94. The molecule has 9 nitrogen and oxygen atoms in total. The van der Waals surface area contributed by atoms with Crippen LogP contribution in [0.2, 0.25) is 0 Å². The number of benzene rings is 2. The van der Waals surface area contributed by atoms with Gasteiger partial charge in [-0.15, -0.1) is 0 Å². The summed E-state index contributed by atoms with van der Waals surface area (Å²) in [4.78, 5) is 15.7. The predicted octanol–water partition coefficient (Wildman–Crippen LogP) is 4.21. The Labute approximate surface area is 198 Å². The van der Waals surface area contributed by atoms with Crippen LogP contribution >= 0.6 is 0 Å². The summed E-state index contributed by atoms with van der Waals surface area (Å²) in [5.74, 6) is 0.763. The summed E-state index contributed by atoms with van der Waals surface area (Å²) in [6.45, 7) is 5.13. The maximum Gasteiger partial charge on any atom is 0.329 e. The highest BCUT2D eigenvalue weighted by atomic mass is 32.2. The van der Waals surface area contributed by atoms with Gasteiger partial charge in [0.2, 0.25) is 5.88 Å². The van der Waals surface area contributed by atoms with Gasteiger partial charge in [-0.05, 0) is 62.2 Å². The van der Waals surface area contributed by atoms with Gasteiger partial charge in [-0.3, -0.25) is 0 Å². The fraction of sp³-hybridized carbons (Fsp3) is 0.208. The first-order valence-corrected chi connectivity index (χ1v) is 11.7. The fourth-order valence-corrected chi connectivity index (χ4v) is 3.95. The van der Waals surface area contributed by atoms with Crippen molar-refractivity contribution in [2.75, 3.05) is 7.11 Å². The summed E-state index contributed by atoms with van der Waals surface area (Å²) in [5, 5.41) is 11.7. The Morgan fingerprint density at radius 2 is 1.74 bits per heavy atom. The second-order valence-corrected chi connectivity index (χ2v) is 9.96. The van der Waals surface area contributed by atoms with E-state index in [1.165, 1.54) is 6.20 Å². The van der Waals surface area contributed by atoms with Crippen LogP contribution in [0.15, 0.2) is 65.7 Å². The van der Waals surface area contributed by atoms with E-state index in [-0.39, 0.29) is 11.4 Å². The quantitative estimate of drug-likeness (QED) is 0.540. The van der Waals surface area contributed by atoms with Gasteiger partial charge in [0, 0.05) is 11.7 Å². The Morgan fingerprint density at radius 1 is 1.03 bits per heavy atom. The van der Waals surface area contributed by atoms with E-state index >= 15 is 0 Å². The van der Waals surface area contributed by atoms with Gasteiger partial charge < -0.3 is 14.8 Å². The number of pyridine rings is 1. The molecule has 2 N–H and O–H groups in total. The van der Waals surface area contributed by atoms with Crippen molar-refractivity contribution >= 4 is 16.1 Å². The highest BCUT2D eigenvalue weighted by Gasteiger charge is 2.26. The first kappa shape index (κ1) is 24.5. The van der Waals surface area contributed by atoms with Crippen LogP contribution in [0.1, 0.15) is 26.3 Å². The van der Waals surface area contributed by atoms with Gasteiger partial charge in [-0.25, -0.2) is 22.9 Å². The molecule has 1 heterocycles. The van der Waals surface area contributed by atoms with Crippen LogP contribution in [-0.4, -0.2) is 32.1 Å². The Hall–Kier alpha value is -4.10. The van der Waals surface area contributed by atoms with Crippen LogP contribution < -0.4 is 19.5 Å². The van der Waals surface area contributed by atoms with Crippen molar-refractivity contribution in [3.8, 4) is 34.6 Å². The SMILES string of the molecule is COc1ccc(-c2cccc(Oc3ncc(C#N)cc3S(=O)(=O)NC(=O)NC(C)(C)C)c2)cc1. The van der Waals surface area contributed by atoms with Gasteiger partial charge in [0.1, 0.15) is 17.6 Å². The maximum absolute atomic E-state index is 12.9. The Bertz CT molecular complexity index is 1340. The summed E-state index contributed by atoms with van der Waals surface area (Å²) in [7, 11) is -2.82. The van der Waals surface area contributed by atoms with E-state index in [4.69, 9.17) is 9.47 Å². The third-order valence-corrected chi connectivity index (χ3v) is 5.75. The van der Waals surface area contributed by atoms with E-state index in [1.807, 2.05) is 41.1 Å². The highest BCUT2D eigenvalue weighted by molar-refractivity contribution is 7.90. The van der Waals surface area contributed by atoms with Crippen molar-refractivity contribution in [3.05, 3.63) is 66.4 Å². The van der Waals surface area contributed by atoms with Crippen molar-refractivity contribution < 1.29 is 22.7 Å². The number of methoxy groups -OCH3 is 1. The van der Waals surface area contributed by atoms with Crippen LogP contribution in [0.5, 0.6) is 17.4 Å². The van der Waals surface area contributed by atoms with Crippen molar-refractivity contribution in [3.63, 3.8) is 0 Å². The molecule has 2 aromatic carbocycles. The summed E-state index contributed by atoms with van der Waals surface area (Å²) in [6.07, 6.45) is 1.19.